The van der Waals surface area contributed by atoms with Gasteiger partial charge in [-0.15, -0.1) is 0 Å². The molecule has 3 aliphatic rings. The van der Waals surface area contributed by atoms with Crippen LogP contribution in [0.25, 0.3) is 0 Å². The standard InChI is InChI=1S/C14H21F3N2O/c15-14(16,17)13(6-7-18-9-13)12(20)19-8-2-4-10-3-1-5-11(10)19/h10-11,18H,1-9H2. The van der Waals surface area contributed by atoms with Crippen LogP contribution in [0.3, 0.4) is 0 Å². The summed E-state index contributed by atoms with van der Waals surface area (Å²) in [6.07, 6.45) is 0.294. The van der Waals surface area contributed by atoms with Crippen molar-refractivity contribution in [2.45, 2.75) is 50.7 Å². The van der Waals surface area contributed by atoms with Crippen LogP contribution >= 0.6 is 0 Å². The van der Waals surface area contributed by atoms with E-state index in [9.17, 15) is 18.0 Å². The first-order valence-electron chi connectivity index (χ1n) is 7.54. The Labute approximate surface area is 116 Å². The van der Waals surface area contributed by atoms with Gasteiger partial charge in [-0.25, -0.2) is 0 Å². The van der Waals surface area contributed by atoms with E-state index in [0.717, 1.165) is 32.1 Å². The van der Waals surface area contributed by atoms with Crippen molar-refractivity contribution in [3.8, 4) is 0 Å². The molecule has 1 N–H and O–H groups in total. The average molecular weight is 290 g/mol. The summed E-state index contributed by atoms with van der Waals surface area (Å²) in [6, 6.07) is 0.0519. The Morgan fingerprint density at radius 3 is 2.60 bits per heavy atom. The van der Waals surface area contributed by atoms with Gasteiger partial charge in [0, 0.05) is 19.1 Å². The molecule has 3 fully saturated rings. The van der Waals surface area contributed by atoms with Crippen LogP contribution in [0.2, 0.25) is 0 Å². The number of hydrogen-bond acceptors (Lipinski definition) is 2. The lowest BCUT2D eigenvalue weighted by Gasteiger charge is -2.43. The largest absolute Gasteiger partial charge is 0.404 e. The van der Waals surface area contributed by atoms with Crippen molar-refractivity contribution in [1.82, 2.24) is 10.2 Å². The van der Waals surface area contributed by atoms with Crippen molar-refractivity contribution in [2.75, 3.05) is 19.6 Å². The van der Waals surface area contributed by atoms with Crippen LogP contribution in [0.5, 0.6) is 0 Å². The van der Waals surface area contributed by atoms with Crippen LogP contribution < -0.4 is 5.32 Å². The number of fused-ring (bicyclic) bond motifs is 1. The first kappa shape index (κ1) is 14.2. The molecular weight excluding hydrogens is 269 g/mol. The summed E-state index contributed by atoms with van der Waals surface area (Å²) >= 11 is 0. The Morgan fingerprint density at radius 1 is 1.20 bits per heavy atom. The molecule has 0 aromatic rings. The van der Waals surface area contributed by atoms with Crippen molar-refractivity contribution in [3.05, 3.63) is 0 Å². The number of likely N-dealkylation sites (tertiary alicyclic amines) is 1. The summed E-state index contributed by atoms with van der Waals surface area (Å²) in [5.74, 6) is -0.251. The molecule has 0 bridgehead atoms. The Bertz CT molecular complexity index is 390. The van der Waals surface area contributed by atoms with Gasteiger partial charge >= 0.3 is 6.18 Å². The maximum absolute atomic E-state index is 13.5. The summed E-state index contributed by atoms with van der Waals surface area (Å²) in [5.41, 5.74) is -2.18. The minimum absolute atomic E-state index is 0.0519. The molecule has 0 aromatic carbocycles. The van der Waals surface area contributed by atoms with Gasteiger partial charge in [0.05, 0.1) is 0 Å². The molecule has 114 valence electrons. The second-order valence-corrected chi connectivity index (χ2v) is 6.41. The summed E-state index contributed by atoms with van der Waals surface area (Å²) in [4.78, 5) is 14.2. The highest BCUT2D eigenvalue weighted by Gasteiger charge is 2.63. The van der Waals surface area contributed by atoms with E-state index in [-0.39, 0.29) is 25.6 Å². The molecule has 6 heteroatoms. The fourth-order valence-electron chi connectivity index (χ4n) is 4.22. The number of halogens is 3. The maximum atomic E-state index is 13.5. The van der Waals surface area contributed by atoms with Gasteiger partial charge < -0.3 is 10.2 Å². The SMILES string of the molecule is O=C(N1CCCC2CCCC21)C1(C(F)(F)F)CCNC1. The lowest BCUT2D eigenvalue weighted by molar-refractivity contribution is -0.223. The topological polar surface area (TPSA) is 32.3 Å². The number of rotatable bonds is 1. The molecule has 0 spiro atoms. The molecule has 1 amide bonds. The maximum Gasteiger partial charge on any atom is 0.404 e. The van der Waals surface area contributed by atoms with E-state index in [4.69, 9.17) is 0 Å². The predicted octanol–water partition coefficient (Wildman–Crippen LogP) is 2.32. The Balaban J connectivity index is 1.86. The highest BCUT2D eigenvalue weighted by Crippen LogP contribution is 2.47. The van der Waals surface area contributed by atoms with Crippen LogP contribution in [0.1, 0.15) is 38.5 Å². The zero-order valence-corrected chi connectivity index (χ0v) is 11.5. The van der Waals surface area contributed by atoms with E-state index < -0.39 is 17.5 Å². The summed E-state index contributed by atoms with van der Waals surface area (Å²) in [6.45, 7) is 0.508. The van der Waals surface area contributed by atoms with Crippen molar-refractivity contribution in [1.29, 1.82) is 0 Å². The summed E-state index contributed by atoms with van der Waals surface area (Å²) in [7, 11) is 0. The van der Waals surface area contributed by atoms with Crippen LogP contribution in [-0.2, 0) is 4.79 Å². The molecule has 1 saturated carbocycles. The first-order chi connectivity index (χ1) is 9.46. The predicted molar refractivity (Wildman–Crippen MR) is 68.1 cm³/mol. The minimum atomic E-state index is -4.46. The van der Waals surface area contributed by atoms with Gasteiger partial charge in [-0.3, -0.25) is 4.79 Å². The smallest absolute Gasteiger partial charge is 0.339 e. The van der Waals surface area contributed by atoms with Gasteiger partial charge in [-0.1, -0.05) is 6.42 Å². The molecule has 2 saturated heterocycles. The number of carbonyl (C=O) groups is 1. The van der Waals surface area contributed by atoms with Crippen LogP contribution in [0, 0.1) is 11.3 Å². The lowest BCUT2D eigenvalue weighted by atomic mass is 9.82. The Hall–Kier alpha value is -0.780. The third-order valence-electron chi connectivity index (χ3n) is 5.36. The molecule has 20 heavy (non-hydrogen) atoms. The second-order valence-electron chi connectivity index (χ2n) is 6.41. The van der Waals surface area contributed by atoms with Gasteiger partial charge in [0.15, 0.2) is 5.41 Å². The molecule has 0 aromatic heterocycles. The quantitative estimate of drug-likeness (QED) is 0.804. The zero-order chi connectivity index (χ0) is 14.4. The number of hydrogen-bond donors (Lipinski definition) is 1. The van der Waals surface area contributed by atoms with Crippen molar-refractivity contribution in [2.24, 2.45) is 11.3 Å². The van der Waals surface area contributed by atoms with Crippen molar-refractivity contribution >= 4 is 5.91 Å². The molecule has 0 radical (unpaired) electrons. The van der Waals surface area contributed by atoms with E-state index in [1.165, 1.54) is 0 Å². The van der Waals surface area contributed by atoms with Gasteiger partial charge in [0.2, 0.25) is 5.91 Å². The molecule has 3 unspecified atom stereocenters. The van der Waals surface area contributed by atoms with E-state index >= 15 is 0 Å². The van der Waals surface area contributed by atoms with Gasteiger partial charge in [0.25, 0.3) is 0 Å². The molecule has 2 aliphatic heterocycles. The molecule has 2 heterocycles. The van der Waals surface area contributed by atoms with Gasteiger partial charge in [0.1, 0.15) is 0 Å². The summed E-state index contributed by atoms with van der Waals surface area (Å²) in [5, 5.41) is 2.73. The van der Waals surface area contributed by atoms with E-state index in [1.807, 2.05) is 0 Å². The second kappa shape index (κ2) is 4.90. The lowest BCUT2D eigenvalue weighted by Crippen LogP contribution is -2.58. The van der Waals surface area contributed by atoms with E-state index in [2.05, 4.69) is 5.32 Å². The van der Waals surface area contributed by atoms with Crippen molar-refractivity contribution in [3.63, 3.8) is 0 Å². The van der Waals surface area contributed by atoms with Gasteiger partial charge in [-0.2, -0.15) is 13.2 Å². The molecule has 3 rings (SSSR count). The first-order valence-corrected chi connectivity index (χ1v) is 7.54. The number of nitrogens with zero attached hydrogens (tertiary/aromatic N) is 1. The Morgan fingerprint density at radius 2 is 1.95 bits per heavy atom. The average Bonchev–Trinajstić information content (AvgIpc) is 3.05. The van der Waals surface area contributed by atoms with Crippen LogP contribution in [-0.4, -0.2) is 42.7 Å². The Kier molecular flexibility index (Phi) is 3.47. The van der Waals surface area contributed by atoms with Crippen molar-refractivity contribution < 1.29 is 18.0 Å². The zero-order valence-electron chi connectivity index (χ0n) is 11.5. The fourth-order valence-corrected chi connectivity index (χ4v) is 4.22. The number of amides is 1. The molecular formula is C14H21F3N2O. The number of carbonyl (C=O) groups excluding carboxylic acids is 1. The molecule has 3 nitrogen and oxygen atoms in total. The molecule has 3 atom stereocenters. The highest BCUT2D eigenvalue weighted by molar-refractivity contribution is 5.85. The fraction of sp³-hybridized carbons (Fsp3) is 0.929. The number of alkyl halides is 3. The van der Waals surface area contributed by atoms with Gasteiger partial charge in [-0.05, 0) is 44.6 Å². The number of piperidine rings is 1. The van der Waals surface area contributed by atoms with E-state index in [1.54, 1.807) is 4.90 Å². The third kappa shape index (κ3) is 2.03. The molecule has 1 aliphatic carbocycles. The third-order valence-corrected chi connectivity index (χ3v) is 5.36. The highest BCUT2D eigenvalue weighted by atomic mass is 19.4. The van der Waals surface area contributed by atoms with Crippen LogP contribution in [0.15, 0.2) is 0 Å². The van der Waals surface area contributed by atoms with E-state index in [0.29, 0.717) is 12.5 Å². The van der Waals surface area contributed by atoms with Crippen LogP contribution in [0.4, 0.5) is 13.2 Å². The monoisotopic (exact) mass is 290 g/mol. The summed E-state index contributed by atoms with van der Waals surface area (Å²) < 4.78 is 40.4. The normalized spacial score (nSPS) is 38.0. The minimum Gasteiger partial charge on any atom is -0.339 e. The number of nitrogens with one attached hydrogen (secondary N) is 1.